The van der Waals surface area contributed by atoms with E-state index in [0.717, 1.165) is 15.7 Å². The summed E-state index contributed by atoms with van der Waals surface area (Å²) in [4.78, 5) is 11.9. The van der Waals surface area contributed by atoms with Crippen molar-refractivity contribution in [3.05, 3.63) is 56.5 Å². The van der Waals surface area contributed by atoms with Crippen LogP contribution in [0.4, 0.5) is 11.4 Å². The predicted octanol–water partition coefficient (Wildman–Crippen LogP) is 5.11. The van der Waals surface area contributed by atoms with Crippen molar-refractivity contribution in [3.8, 4) is 0 Å². The Morgan fingerprint density at radius 1 is 1.10 bits per heavy atom. The number of hydrogen-bond donors (Lipinski definition) is 2. The number of amides is 1. The van der Waals surface area contributed by atoms with Gasteiger partial charge < -0.3 is 10.6 Å². The molecule has 2 aromatic carbocycles. The quantitative estimate of drug-likeness (QED) is 0.764. The fraction of sp³-hybridized carbons (Fsp3) is 0.133. The van der Waals surface area contributed by atoms with Gasteiger partial charge in [0.15, 0.2) is 0 Å². The number of carbonyl (C=O) groups excluding carboxylic acids is 1. The third kappa shape index (κ3) is 4.92. The second kappa shape index (κ2) is 7.16. The zero-order valence-electron chi connectivity index (χ0n) is 11.2. The lowest BCUT2D eigenvalue weighted by Crippen LogP contribution is -2.21. The molecule has 0 unspecified atom stereocenters. The van der Waals surface area contributed by atoms with Crippen LogP contribution in [0.15, 0.2) is 40.9 Å². The fourth-order valence-corrected chi connectivity index (χ4v) is 2.54. The molecule has 3 nitrogen and oxygen atoms in total. The lowest BCUT2D eigenvalue weighted by atomic mass is 10.2. The molecular formula is C15H13BrCl2N2O. The average molecular weight is 388 g/mol. The van der Waals surface area contributed by atoms with Gasteiger partial charge in [-0.25, -0.2) is 0 Å². The van der Waals surface area contributed by atoms with Gasteiger partial charge in [0, 0.05) is 25.9 Å². The molecule has 0 aliphatic carbocycles. The highest BCUT2D eigenvalue weighted by atomic mass is 79.9. The highest BCUT2D eigenvalue weighted by molar-refractivity contribution is 9.10. The van der Waals surface area contributed by atoms with Crippen molar-refractivity contribution in [2.75, 3.05) is 17.2 Å². The molecule has 21 heavy (non-hydrogen) atoms. The Hall–Kier alpha value is -1.23. The van der Waals surface area contributed by atoms with E-state index in [-0.39, 0.29) is 12.5 Å². The van der Waals surface area contributed by atoms with E-state index < -0.39 is 0 Å². The lowest BCUT2D eigenvalue weighted by Gasteiger charge is -2.09. The van der Waals surface area contributed by atoms with E-state index in [9.17, 15) is 4.79 Å². The maximum Gasteiger partial charge on any atom is 0.243 e. The molecule has 2 aromatic rings. The third-order valence-corrected chi connectivity index (χ3v) is 4.08. The zero-order valence-corrected chi connectivity index (χ0v) is 14.3. The Bertz CT molecular complexity index is 656. The van der Waals surface area contributed by atoms with Gasteiger partial charge in [0.1, 0.15) is 0 Å². The minimum absolute atomic E-state index is 0.131. The van der Waals surface area contributed by atoms with Crippen molar-refractivity contribution in [1.29, 1.82) is 0 Å². The van der Waals surface area contributed by atoms with Crippen LogP contribution in [0.2, 0.25) is 10.0 Å². The molecular weight excluding hydrogens is 375 g/mol. The Kier molecular flexibility index (Phi) is 5.51. The number of nitrogens with one attached hydrogen (secondary N) is 2. The molecule has 0 fully saturated rings. The lowest BCUT2D eigenvalue weighted by molar-refractivity contribution is -0.114. The Morgan fingerprint density at radius 2 is 1.76 bits per heavy atom. The first-order valence-electron chi connectivity index (χ1n) is 6.20. The maximum atomic E-state index is 11.9. The number of halogens is 3. The standard InChI is InChI=1S/C15H13BrCl2N2O/c1-9-4-12(2-3-14(9)16)20-15(21)8-19-13-6-10(17)5-11(18)7-13/h2-7,19H,8H2,1H3,(H,20,21). The van der Waals surface area contributed by atoms with Crippen molar-refractivity contribution in [2.45, 2.75) is 6.92 Å². The van der Waals surface area contributed by atoms with E-state index >= 15 is 0 Å². The smallest absolute Gasteiger partial charge is 0.243 e. The topological polar surface area (TPSA) is 41.1 Å². The second-order valence-corrected chi connectivity index (χ2v) is 6.25. The summed E-state index contributed by atoms with van der Waals surface area (Å²) < 4.78 is 1.01. The molecule has 0 saturated heterocycles. The van der Waals surface area contributed by atoms with Gasteiger partial charge in [0.05, 0.1) is 6.54 Å². The van der Waals surface area contributed by atoms with Crippen LogP contribution < -0.4 is 10.6 Å². The summed E-state index contributed by atoms with van der Waals surface area (Å²) in [6, 6.07) is 10.7. The maximum absolute atomic E-state index is 11.9. The molecule has 0 aliphatic rings. The van der Waals surface area contributed by atoms with Gasteiger partial charge in [-0.05, 0) is 48.9 Å². The van der Waals surface area contributed by atoms with Crippen molar-refractivity contribution in [3.63, 3.8) is 0 Å². The number of aryl methyl sites for hydroxylation is 1. The monoisotopic (exact) mass is 386 g/mol. The molecule has 0 aliphatic heterocycles. The number of hydrogen-bond acceptors (Lipinski definition) is 2. The summed E-state index contributed by atoms with van der Waals surface area (Å²) >= 11 is 15.2. The van der Waals surface area contributed by atoms with Gasteiger partial charge in [-0.1, -0.05) is 39.1 Å². The van der Waals surface area contributed by atoms with Crippen molar-refractivity contribution >= 4 is 56.4 Å². The minimum atomic E-state index is -0.146. The van der Waals surface area contributed by atoms with Crippen molar-refractivity contribution in [2.24, 2.45) is 0 Å². The molecule has 2 rings (SSSR count). The number of rotatable bonds is 4. The number of anilines is 2. The summed E-state index contributed by atoms with van der Waals surface area (Å²) in [5.74, 6) is -0.146. The highest BCUT2D eigenvalue weighted by Gasteiger charge is 2.05. The van der Waals surface area contributed by atoms with Gasteiger partial charge >= 0.3 is 0 Å². The van der Waals surface area contributed by atoms with Gasteiger partial charge in [0.2, 0.25) is 5.91 Å². The minimum Gasteiger partial charge on any atom is -0.376 e. The first kappa shape index (κ1) is 16.1. The number of carbonyl (C=O) groups is 1. The Labute approximate surface area is 141 Å². The van der Waals surface area contributed by atoms with Crippen LogP contribution in [0, 0.1) is 6.92 Å². The summed E-state index contributed by atoms with van der Waals surface area (Å²) in [5.41, 5.74) is 2.52. The van der Waals surface area contributed by atoms with Gasteiger partial charge in [-0.15, -0.1) is 0 Å². The van der Waals surface area contributed by atoms with E-state index in [1.54, 1.807) is 18.2 Å². The second-order valence-electron chi connectivity index (χ2n) is 4.52. The molecule has 0 radical (unpaired) electrons. The molecule has 0 spiro atoms. The molecule has 110 valence electrons. The molecule has 0 heterocycles. The Morgan fingerprint density at radius 3 is 2.38 bits per heavy atom. The predicted molar refractivity (Wildman–Crippen MR) is 92.5 cm³/mol. The van der Waals surface area contributed by atoms with Crippen LogP contribution in [0.5, 0.6) is 0 Å². The fourth-order valence-electron chi connectivity index (χ4n) is 1.77. The molecule has 0 aromatic heterocycles. The van der Waals surface area contributed by atoms with Gasteiger partial charge in [-0.2, -0.15) is 0 Å². The molecule has 0 atom stereocenters. The van der Waals surface area contributed by atoms with E-state index in [2.05, 4.69) is 26.6 Å². The van der Waals surface area contributed by atoms with E-state index in [1.165, 1.54) is 0 Å². The largest absolute Gasteiger partial charge is 0.376 e. The SMILES string of the molecule is Cc1cc(NC(=O)CNc2cc(Cl)cc(Cl)c2)ccc1Br. The molecule has 0 bridgehead atoms. The zero-order chi connectivity index (χ0) is 15.4. The molecule has 0 saturated carbocycles. The van der Waals surface area contributed by atoms with Crippen LogP contribution in [-0.2, 0) is 4.79 Å². The third-order valence-electron chi connectivity index (χ3n) is 2.76. The van der Waals surface area contributed by atoms with Crippen molar-refractivity contribution in [1.82, 2.24) is 0 Å². The average Bonchev–Trinajstić information content (AvgIpc) is 2.40. The highest BCUT2D eigenvalue weighted by Crippen LogP contribution is 2.22. The Balaban J connectivity index is 1.94. The van der Waals surface area contributed by atoms with Crippen LogP contribution in [0.25, 0.3) is 0 Å². The van der Waals surface area contributed by atoms with E-state index in [0.29, 0.717) is 15.7 Å². The van der Waals surface area contributed by atoms with Crippen LogP contribution >= 0.6 is 39.1 Å². The first-order valence-corrected chi connectivity index (χ1v) is 7.75. The van der Waals surface area contributed by atoms with E-state index in [4.69, 9.17) is 23.2 Å². The van der Waals surface area contributed by atoms with Crippen LogP contribution in [0.1, 0.15) is 5.56 Å². The summed E-state index contributed by atoms with van der Waals surface area (Å²) in [5, 5.41) is 6.85. The normalized spacial score (nSPS) is 10.3. The van der Waals surface area contributed by atoms with Crippen LogP contribution in [0.3, 0.4) is 0 Å². The summed E-state index contributed by atoms with van der Waals surface area (Å²) in [7, 11) is 0. The van der Waals surface area contributed by atoms with Gasteiger partial charge in [-0.3, -0.25) is 4.79 Å². The number of benzene rings is 2. The first-order chi connectivity index (χ1) is 9.94. The summed E-state index contributed by atoms with van der Waals surface area (Å²) in [6.07, 6.45) is 0. The molecule has 6 heteroatoms. The van der Waals surface area contributed by atoms with Gasteiger partial charge in [0.25, 0.3) is 0 Å². The van der Waals surface area contributed by atoms with E-state index in [1.807, 2.05) is 25.1 Å². The van der Waals surface area contributed by atoms with Crippen molar-refractivity contribution < 1.29 is 4.79 Å². The summed E-state index contributed by atoms with van der Waals surface area (Å²) in [6.45, 7) is 2.09. The van der Waals surface area contributed by atoms with Crippen LogP contribution in [-0.4, -0.2) is 12.5 Å². The molecule has 1 amide bonds. The molecule has 2 N–H and O–H groups in total.